The number of nitrogens with one attached hydrogen (secondary N) is 2. The van der Waals surface area contributed by atoms with Crippen molar-refractivity contribution in [2.45, 2.75) is 26.8 Å². The first-order valence-corrected chi connectivity index (χ1v) is 4.90. The van der Waals surface area contributed by atoms with Crippen LogP contribution >= 0.6 is 0 Å². The highest BCUT2D eigenvalue weighted by Crippen LogP contribution is 2.01. The number of hydrogen-bond acceptors (Lipinski definition) is 4. The van der Waals surface area contributed by atoms with Crippen LogP contribution in [0.3, 0.4) is 0 Å². The summed E-state index contributed by atoms with van der Waals surface area (Å²) < 4.78 is 0. The zero-order valence-electron chi connectivity index (χ0n) is 9.24. The van der Waals surface area contributed by atoms with Gasteiger partial charge in [-0.3, -0.25) is 4.79 Å². The summed E-state index contributed by atoms with van der Waals surface area (Å²) in [5.74, 6) is 0.627. The second-order valence-corrected chi connectivity index (χ2v) is 3.62. The summed E-state index contributed by atoms with van der Waals surface area (Å²) in [5.41, 5.74) is 0.872. The first-order valence-electron chi connectivity index (χ1n) is 4.90. The molecule has 0 aliphatic rings. The quantitative estimate of drug-likeness (QED) is 0.765. The maximum atomic E-state index is 11.3. The summed E-state index contributed by atoms with van der Waals surface area (Å²) in [6.45, 7) is 5.95. The number of carbonyl (C=O) groups is 1. The van der Waals surface area contributed by atoms with E-state index in [-0.39, 0.29) is 18.5 Å². The van der Waals surface area contributed by atoms with Crippen LogP contribution in [0.4, 0.5) is 5.82 Å². The van der Waals surface area contributed by atoms with Gasteiger partial charge in [0.15, 0.2) is 0 Å². The second kappa shape index (κ2) is 5.29. The molecule has 0 unspecified atom stereocenters. The molecule has 15 heavy (non-hydrogen) atoms. The molecule has 1 rings (SSSR count). The number of carbonyl (C=O) groups excluding carboxylic acids is 1. The fourth-order valence-corrected chi connectivity index (χ4v) is 1.10. The van der Waals surface area contributed by atoms with Gasteiger partial charge in [-0.2, -0.15) is 0 Å². The number of hydrogen-bond donors (Lipinski definition) is 2. The second-order valence-electron chi connectivity index (χ2n) is 3.62. The summed E-state index contributed by atoms with van der Waals surface area (Å²) in [6.07, 6.45) is 1.47. The van der Waals surface area contributed by atoms with E-state index >= 15 is 0 Å². The van der Waals surface area contributed by atoms with Crippen LogP contribution in [0.1, 0.15) is 19.5 Å². The van der Waals surface area contributed by atoms with Gasteiger partial charge in [0.2, 0.25) is 5.91 Å². The lowest BCUT2D eigenvalue weighted by atomic mass is 10.4. The van der Waals surface area contributed by atoms with Crippen molar-refractivity contribution in [1.82, 2.24) is 15.3 Å². The van der Waals surface area contributed by atoms with Gasteiger partial charge < -0.3 is 10.6 Å². The molecule has 0 atom stereocenters. The molecule has 82 valence electrons. The van der Waals surface area contributed by atoms with Crippen molar-refractivity contribution in [2.75, 3.05) is 11.9 Å². The maximum Gasteiger partial charge on any atom is 0.239 e. The lowest BCUT2D eigenvalue weighted by molar-refractivity contribution is -0.119. The zero-order valence-corrected chi connectivity index (χ0v) is 9.24. The van der Waals surface area contributed by atoms with E-state index in [9.17, 15) is 4.79 Å². The van der Waals surface area contributed by atoms with E-state index in [1.54, 1.807) is 6.07 Å². The molecular formula is C10H16N4O. The summed E-state index contributed by atoms with van der Waals surface area (Å²) in [4.78, 5) is 19.2. The molecule has 0 aliphatic carbocycles. The molecule has 0 saturated heterocycles. The molecule has 1 amide bonds. The molecule has 0 radical (unpaired) electrons. The predicted octanol–water partition coefficient (Wildman–Crippen LogP) is 0.722. The van der Waals surface area contributed by atoms with Crippen LogP contribution in [0.15, 0.2) is 12.4 Å². The molecule has 0 fully saturated rings. The minimum atomic E-state index is -0.0405. The highest BCUT2D eigenvalue weighted by atomic mass is 16.1. The monoisotopic (exact) mass is 208 g/mol. The molecule has 5 heteroatoms. The molecule has 0 aliphatic heterocycles. The first kappa shape index (κ1) is 11.4. The number of rotatable bonds is 4. The van der Waals surface area contributed by atoms with Crippen molar-refractivity contribution in [3.63, 3.8) is 0 Å². The normalized spacial score (nSPS) is 10.1. The van der Waals surface area contributed by atoms with Crippen molar-refractivity contribution < 1.29 is 4.79 Å². The van der Waals surface area contributed by atoms with Gasteiger partial charge in [-0.05, 0) is 20.8 Å². The lowest BCUT2D eigenvalue weighted by Gasteiger charge is -2.09. The fraction of sp³-hybridized carbons (Fsp3) is 0.500. The maximum absolute atomic E-state index is 11.3. The molecule has 0 spiro atoms. The number of aromatic nitrogens is 2. The van der Waals surface area contributed by atoms with Crippen molar-refractivity contribution >= 4 is 11.7 Å². The van der Waals surface area contributed by atoms with E-state index in [1.165, 1.54) is 6.33 Å². The molecule has 1 aromatic heterocycles. The first-order chi connectivity index (χ1) is 7.08. The topological polar surface area (TPSA) is 66.9 Å². The van der Waals surface area contributed by atoms with Crippen LogP contribution in [0, 0.1) is 6.92 Å². The van der Waals surface area contributed by atoms with Gasteiger partial charge in [0.1, 0.15) is 12.1 Å². The van der Waals surface area contributed by atoms with Crippen LogP contribution < -0.4 is 10.6 Å². The van der Waals surface area contributed by atoms with Gasteiger partial charge in [0.05, 0.1) is 6.54 Å². The van der Waals surface area contributed by atoms with Gasteiger partial charge in [0, 0.05) is 17.8 Å². The van der Waals surface area contributed by atoms with Crippen LogP contribution in [-0.4, -0.2) is 28.5 Å². The summed E-state index contributed by atoms with van der Waals surface area (Å²) in [5, 5.41) is 5.71. The lowest BCUT2D eigenvalue weighted by Crippen LogP contribution is -2.34. The van der Waals surface area contributed by atoms with Gasteiger partial charge in [-0.25, -0.2) is 9.97 Å². The van der Waals surface area contributed by atoms with Gasteiger partial charge >= 0.3 is 0 Å². The molecule has 0 bridgehead atoms. The van der Waals surface area contributed by atoms with Crippen molar-refractivity contribution in [3.05, 3.63) is 18.1 Å². The third kappa shape index (κ3) is 4.39. The van der Waals surface area contributed by atoms with Crippen molar-refractivity contribution in [2.24, 2.45) is 0 Å². The Morgan fingerprint density at radius 3 is 2.80 bits per heavy atom. The Balaban J connectivity index is 2.40. The molecule has 0 saturated carbocycles. The van der Waals surface area contributed by atoms with E-state index in [4.69, 9.17) is 0 Å². The largest absolute Gasteiger partial charge is 0.361 e. The molecule has 0 aromatic carbocycles. The van der Waals surface area contributed by atoms with E-state index in [0.29, 0.717) is 5.82 Å². The number of amides is 1. The number of nitrogens with zero attached hydrogens (tertiary/aromatic N) is 2. The minimum absolute atomic E-state index is 0.0405. The third-order valence-corrected chi connectivity index (χ3v) is 1.68. The molecule has 2 N–H and O–H groups in total. The van der Waals surface area contributed by atoms with Crippen LogP contribution in [0.25, 0.3) is 0 Å². The molecule has 1 aromatic rings. The number of aryl methyl sites for hydroxylation is 1. The SMILES string of the molecule is Cc1cc(NCC(=O)NC(C)C)ncn1. The van der Waals surface area contributed by atoms with Crippen molar-refractivity contribution in [1.29, 1.82) is 0 Å². The Hall–Kier alpha value is -1.65. The Bertz CT molecular complexity index is 338. The fourth-order valence-electron chi connectivity index (χ4n) is 1.10. The van der Waals surface area contributed by atoms with E-state index in [1.807, 2.05) is 20.8 Å². The van der Waals surface area contributed by atoms with Gasteiger partial charge in [-0.1, -0.05) is 0 Å². The average molecular weight is 208 g/mol. The Morgan fingerprint density at radius 1 is 1.47 bits per heavy atom. The molecular weight excluding hydrogens is 192 g/mol. The van der Waals surface area contributed by atoms with E-state index in [2.05, 4.69) is 20.6 Å². The van der Waals surface area contributed by atoms with Crippen LogP contribution in [0.5, 0.6) is 0 Å². The predicted molar refractivity (Wildman–Crippen MR) is 58.5 cm³/mol. The third-order valence-electron chi connectivity index (χ3n) is 1.68. The zero-order chi connectivity index (χ0) is 11.3. The smallest absolute Gasteiger partial charge is 0.239 e. The van der Waals surface area contributed by atoms with Crippen LogP contribution in [0.2, 0.25) is 0 Å². The molecule has 1 heterocycles. The highest BCUT2D eigenvalue weighted by molar-refractivity contribution is 5.80. The molecule has 5 nitrogen and oxygen atoms in total. The summed E-state index contributed by atoms with van der Waals surface area (Å²) in [7, 11) is 0. The Labute approximate surface area is 89.3 Å². The highest BCUT2D eigenvalue weighted by Gasteiger charge is 2.03. The number of anilines is 1. The van der Waals surface area contributed by atoms with Crippen molar-refractivity contribution in [3.8, 4) is 0 Å². The minimum Gasteiger partial charge on any atom is -0.361 e. The Morgan fingerprint density at radius 2 is 2.20 bits per heavy atom. The van der Waals surface area contributed by atoms with E-state index < -0.39 is 0 Å². The van der Waals surface area contributed by atoms with Gasteiger partial charge in [-0.15, -0.1) is 0 Å². The summed E-state index contributed by atoms with van der Waals surface area (Å²) >= 11 is 0. The average Bonchev–Trinajstić information content (AvgIpc) is 2.14. The standard InChI is InChI=1S/C10H16N4O/c1-7(2)14-10(15)5-11-9-4-8(3)12-6-13-9/h4,6-7H,5H2,1-3H3,(H,14,15)(H,11,12,13). The Kier molecular flexibility index (Phi) is 4.03. The van der Waals surface area contributed by atoms with Gasteiger partial charge in [0.25, 0.3) is 0 Å². The van der Waals surface area contributed by atoms with Crippen LogP contribution in [-0.2, 0) is 4.79 Å². The van der Waals surface area contributed by atoms with E-state index in [0.717, 1.165) is 5.69 Å². The summed E-state index contributed by atoms with van der Waals surface area (Å²) in [6, 6.07) is 1.95.